The summed E-state index contributed by atoms with van der Waals surface area (Å²) in [6, 6.07) is 2.26. The number of nitrogens with zero attached hydrogens (tertiary/aromatic N) is 1. The van der Waals surface area contributed by atoms with Crippen LogP contribution >= 0.6 is 15.9 Å². The van der Waals surface area contributed by atoms with Crippen LogP contribution in [0.5, 0.6) is 0 Å². The van der Waals surface area contributed by atoms with Gasteiger partial charge in [-0.15, -0.1) is 0 Å². The Balaban J connectivity index is 3.38. The smallest absolute Gasteiger partial charge is 0.258 e. The summed E-state index contributed by atoms with van der Waals surface area (Å²) in [6.07, 6.45) is 0.425. The second-order valence-electron chi connectivity index (χ2n) is 2.47. The molecule has 70 valence electrons. The van der Waals surface area contributed by atoms with Crippen LogP contribution in [-0.4, -0.2) is 4.92 Å². The van der Waals surface area contributed by atoms with Crippen LogP contribution in [-0.2, 0) is 6.42 Å². The van der Waals surface area contributed by atoms with Crippen LogP contribution in [0, 0.1) is 15.9 Å². The highest BCUT2D eigenvalue weighted by molar-refractivity contribution is 9.10. The van der Waals surface area contributed by atoms with Crippen molar-refractivity contribution in [2.45, 2.75) is 13.3 Å². The van der Waals surface area contributed by atoms with Crippen LogP contribution in [0.1, 0.15) is 12.5 Å². The Morgan fingerprint density at radius 3 is 2.69 bits per heavy atom. The van der Waals surface area contributed by atoms with Crippen molar-refractivity contribution in [2.75, 3.05) is 0 Å². The van der Waals surface area contributed by atoms with Gasteiger partial charge in [-0.3, -0.25) is 10.1 Å². The van der Waals surface area contributed by atoms with E-state index in [1.54, 1.807) is 6.92 Å². The van der Waals surface area contributed by atoms with Crippen molar-refractivity contribution >= 4 is 21.6 Å². The summed E-state index contributed by atoms with van der Waals surface area (Å²) in [5.41, 5.74) is 0.348. The lowest BCUT2D eigenvalue weighted by atomic mass is 10.1. The zero-order chi connectivity index (χ0) is 10.0. The molecule has 0 N–H and O–H groups in total. The van der Waals surface area contributed by atoms with E-state index >= 15 is 0 Å². The maximum atomic E-state index is 12.9. The molecule has 0 aromatic heterocycles. The number of hydrogen-bond acceptors (Lipinski definition) is 2. The summed E-state index contributed by atoms with van der Waals surface area (Å²) in [5.74, 6) is -0.470. The van der Waals surface area contributed by atoms with E-state index in [-0.39, 0.29) is 10.2 Å². The summed E-state index contributed by atoms with van der Waals surface area (Å²) in [6.45, 7) is 1.74. The Morgan fingerprint density at radius 1 is 1.62 bits per heavy atom. The average molecular weight is 248 g/mol. The molecule has 1 rings (SSSR count). The summed E-state index contributed by atoms with van der Waals surface area (Å²) >= 11 is 2.98. The topological polar surface area (TPSA) is 43.1 Å². The molecule has 3 nitrogen and oxygen atoms in total. The molecule has 0 aliphatic heterocycles. The molecule has 0 saturated carbocycles. The third kappa shape index (κ3) is 1.85. The predicted octanol–water partition coefficient (Wildman–Crippen LogP) is 3.06. The predicted molar refractivity (Wildman–Crippen MR) is 50.1 cm³/mol. The van der Waals surface area contributed by atoms with Gasteiger partial charge >= 0.3 is 0 Å². The second kappa shape index (κ2) is 3.83. The number of nitro benzene ring substituents is 1. The molecule has 0 unspecified atom stereocenters. The molecule has 0 aliphatic carbocycles. The number of halogens is 2. The van der Waals surface area contributed by atoms with E-state index in [9.17, 15) is 14.5 Å². The molecule has 0 atom stereocenters. The number of benzene rings is 1. The first kappa shape index (κ1) is 10.1. The summed E-state index contributed by atoms with van der Waals surface area (Å²) in [7, 11) is 0. The summed E-state index contributed by atoms with van der Waals surface area (Å²) in [4.78, 5) is 10.00. The van der Waals surface area contributed by atoms with E-state index in [1.807, 2.05) is 0 Å². The van der Waals surface area contributed by atoms with E-state index in [0.717, 1.165) is 6.07 Å². The summed E-state index contributed by atoms with van der Waals surface area (Å²) in [5, 5.41) is 10.5. The van der Waals surface area contributed by atoms with E-state index in [1.165, 1.54) is 6.07 Å². The zero-order valence-electron chi connectivity index (χ0n) is 6.88. The van der Waals surface area contributed by atoms with Crippen LogP contribution in [0.2, 0.25) is 0 Å². The lowest BCUT2D eigenvalue weighted by Gasteiger charge is -2.02. The minimum atomic E-state index is -0.511. The molecule has 0 bridgehead atoms. The number of nitro groups is 1. The van der Waals surface area contributed by atoms with Gasteiger partial charge in [-0.05, 0) is 28.4 Å². The third-order valence-electron chi connectivity index (χ3n) is 1.72. The maximum absolute atomic E-state index is 12.9. The summed E-state index contributed by atoms with van der Waals surface area (Å²) < 4.78 is 13.1. The second-order valence-corrected chi connectivity index (χ2v) is 3.26. The molecule has 5 heteroatoms. The van der Waals surface area contributed by atoms with Gasteiger partial charge in [0, 0.05) is 11.6 Å². The van der Waals surface area contributed by atoms with Crippen molar-refractivity contribution in [3.8, 4) is 0 Å². The molecule has 0 spiro atoms. The van der Waals surface area contributed by atoms with Gasteiger partial charge in [0.1, 0.15) is 5.82 Å². The molecule has 0 heterocycles. The standard InChI is InChI=1S/C8H7BrFNO2/c1-2-5-7(11(12)13)4-3-6(10)8(5)9/h3-4H,2H2,1H3. The Bertz CT molecular complexity index is 354. The number of hydrogen-bond donors (Lipinski definition) is 0. The lowest BCUT2D eigenvalue weighted by molar-refractivity contribution is -0.385. The van der Waals surface area contributed by atoms with Gasteiger partial charge in [0.25, 0.3) is 5.69 Å². The van der Waals surface area contributed by atoms with Gasteiger partial charge in [0.15, 0.2) is 0 Å². The average Bonchev–Trinajstić information content (AvgIpc) is 2.09. The molecular weight excluding hydrogens is 241 g/mol. The van der Waals surface area contributed by atoms with Crippen LogP contribution < -0.4 is 0 Å². The van der Waals surface area contributed by atoms with Crippen LogP contribution in [0.3, 0.4) is 0 Å². The van der Waals surface area contributed by atoms with Gasteiger partial charge in [0.05, 0.1) is 9.40 Å². The highest BCUT2D eigenvalue weighted by Gasteiger charge is 2.17. The van der Waals surface area contributed by atoms with Crippen molar-refractivity contribution < 1.29 is 9.31 Å². The fourth-order valence-corrected chi connectivity index (χ4v) is 1.71. The van der Waals surface area contributed by atoms with Crippen LogP contribution in [0.4, 0.5) is 10.1 Å². The normalized spacial score (nSPS) is 10.1. The highest BCUT2D eigenvalue weighted by Crippen LogP contribution is 2.29. The molecule has 13 heavy (non-hydrogen) atoms. The van der Waals surface area contributed by atoms with Crippen molar-refractivity contribution in [1.29, 1.82) is 0 Å². The Morgan fingerprint density at radius 2 is 2.23 bits per heavy atom. The molecule has 1 aromatic carbocycles. The fraction of sp³-hybridized carbons (Fsp3) is 0.250. The number of rotatable bonds is 2. The van der Waals surface area contributed by atoms with Gasteiger partial charge < -0.3 is 0 Å². The van der Waals surface area contributed by atoms with Crippen molar-refractivity contribution in [3.05, 3.63) is 38.1 Å². The largest absolute Gasteiger partial charge is 0.273 e. The minimum absolute atomic E-state index is 0.0456. The van der Waals surface area contributed by atoms with Gasteiger partial charge in [-0.2, -0.15) is 0 Å². The first-order valence-electron chi connectivity index (χ1n) is 3.69. The van der Waals surface area contributed by atoms with E-state index in [0.29, 0.717) is 12.0 Å². The molecule has 0 aliphatic rings. The van der Waals surface area contributed by atoms with Gasteiger partial charge in [-0.1, -0.05) is 6.92 Å². The van der Waals surface area contributed by atoms with Gasteiger partial charge in [-0.25, -0.2) is 4.39 Å². The Labute approximate surface area is 82.8 Å². The van der Waals surface area contributed by atoms with Crippen molar-refractivity contribution in [1.82, 2.24) is 0 Å². The Kier molecular flexibility index (Phi) is 2.98. The maximum Gasteiger partial charge on any atom is 0.273 e. The lowest BCUT2D eigenvalue weighted by Crippen LogP contribution is -1.96. The molecule has 0 radical (unpaired) electrons. The van der Waals surface area contributed by atoms with Crippen molar-refractivity contribution in [3.63, 3.8) is 0 Å². The van der Waals surface area contributed by atoms with Crippen molar-refractivity contribution in [2.24, 2.45) is 0 Å². The highest BCUT2D eigenvalue weighted by atomic mass is 79.9. The first-order chi connectivity index (χ1) is 6.07. The first-order valence-corrected chi connectivity index (χ1v) is 4.48. The van der Waals surface area contributed by atoms with E-state index in [4.69, 9.17) is 0 Å². The minimum Gasteiger partial charge on any atom is -0.258 e. The molecule has 0 amide bonds. The molecular formula is C8H7BrFNO2. The van der Waals surface area contributed by atoms with E-state index < -0.39 is 10.7 Å². The monoisotopic (exact) mass is 247 g/mol. The van der Waals surface area contributed by atoms with Gasteiger partial charge in [0.2, 0.25) is 0 Å². The van der Waals surface area contributed by atoms with Crippen LogP contribution in [0.15, 0.2) is 16.6 Å². The zero-order valence-corrected chi connectivity index (χ0v) is 8.47. The quantitative estimate of drug-likeness (QED) is 0.596. The Hall–Kier alpha value is -0.970. The van der Waals surface area contributed by atoms with E-state index in [2.05, 4.69) is 15.9 Å². The van der Waals surface area contributed by atoms with Crippen LogP contribution in [0.25, 0.3) is 0 Å². The third-order valence-corrected chi connectivity index (χ3v) is 2.58. The SMILES string of the molecule is CCc1c([N+](=O)[O-])ccc(F)c1Br. The molecule has 0 saturated heterocycles. The fourth-order valence-electron chi connectivity index (χ4n) is 1.09. The molecule has 1 aromatic rings. The molecule has 0 fully saturated rings.